The third-order valence-electron chi connectivity index (χ3n) is 6.00. The van der Waals surface area contributed by atoms with Crippen LogP contribution in [0.4, 0.5) is 11.4 Å². The number of hydrazone groups is 1. The molecule has 0 bridgehead atoms. The summed E-state index contributed by atoms with van der Waals surface area (Å²) >= 11 is 0. The lowest BCUT2D eigenvalue weighted by Crippen LogP contribution is -2.20. The number of carbonyl (C=O) groups excluding carboxylic acids is 1. The summed E-state index contributed by atoms with van der Waals surface area (Å²) in [5.74, 6) is -0.183. The highest BCUT2D eigenvalue weighted by Crippen LogP contribution is 2.27. The zero-order valence-corrected chi connectivity index (χ0v) is 17.4. The zero-order chi connectivity index (χ0) is 20.2. The van der Waals surface area contributed by atoms with Gasteiger partial charge in [-0.2, -0.15) is 5.10 Å². The first-order chi connectivity index (χ1) is 14.1. The number of anilines is 2. The number of nitrogens with zero attached hydrogens (tertiary/aromatic N) is 3. The minimum atomic E-state index is -0.183. The van der Waals surface area contributed by atoms with E-state index in [0.29, 0.717) is 5.56 Å². The van der Waals surface area contributed by atoms with E-state index < -0.39 is 0 Å². The highest BCUT2D eigenvalue weighted by atomic mass is 16.2. The van der Waals surface area contributed by atoms with Gasteiger partial charge in [-0.3, -0.25) is 4.79 Å². The van der Waals surface area contributed by atoms with Crippen LogP contribution in [0.15, 0.2) is 41.5 Å². The third-order valence-corrected chi connectivity index (χ3v) is 6.00. The lowest BCUT2D eigenvalue weighted by atomic mass is 10.0. The second-order valence-electron chi connectivity index (χ2n) is 8.13. The SMILES string of the molecule is Cc1cc(N2CCCC2)c(C)cc1/C=N\NC(=O)c1ccc(N2CCCC2)cc1. The molecule has 0 spiro atoms. The van der Waals surface area contributed by atoms with E-state index in [2.05, 4.69) is 46.3 Å². The topological polar surface area (TPSA) is 47.9 Å². The van der Waals surface area contributed by atoms with Crippen LogP contribution in [0.1, 0.15) is 52.7 Å². The van der Waals surface area contributed by atoms with Gasteiger partial charge in [0.1, 0.15) is 0 Å². The predicted octanol–water partition coefficient (Wildman–Crippen LogP) is 4.27. The van der Waals surface area contributed by atoms with E-state index in [1.165, 1.54) is 48.2 Å². The summed E-state index contributed by atoms with van der Waals surface area (Å²) in [7, 11) is 0. The fourth-order valence-corrected chi connectivity index (χ4v) is 4.29. The fraction of sp³-hybridized carbons (Fsp3) is 0.417. The smallest absolute Gasteiger partial charge is 0.271 e. The molecule has 0 unspecified atom stereocenters. The Balaban J connectivity index is 1.39. The normalized spacial score (nSPS) is 16.8. The van der Waals surface area contributed by atoms with Gasteiger partial charge in [-0.15, -0.1) is 0 Å². The van der Waals surface area contributed by atoms with Crippen molar-refractivity contribution in [1.29, 1.82) is 0 Å². The van der Waals surface area contributed by atoms with Gasteiger partial charge >= 0.3 is 0 Å². The minimum absolute atomic E-state index is 0.183. The maximum Gasteiger partial charge on any atom is 0.271 e. The highest BCUT2D eigenvalue weighted by Gasteiger charge is 2.16. The number of carbonyl (C=O) groups is 1. The average Bonchev–Trinajstić information content (AvgIpc) is 3.44. The quantitative estimate of drug-likeness (QED) is 0.613. The number of aryl methyl sites for hydroxylation is 2. The van der Waals surface area contributed by atoms with Crippen LogP contribution in [0.25, 0.3) is 0 Å². The molecular weight excluding hydrogens is 360 g/mol. The molecule has 1 N–H and O–H groups in total. The van der Waals surface area contributed by atoms with Crippen LogP contribution in [0.2, 0.25) is 0 Å². The Morgan fingerprint density at radius 2 is 1.52 bits per heavy atom. The maximum atomic E-state index is 12.4. The van der Waals surface area contributed by atoms with Crippen molar-refractivity contribution in [2.24, 2.45) is 5.10 Å². The lowest BCUT2D eigenvalue weighted by molar-refractivity contribution is 0.0955. The third kappa shape index (κ3) is 4.44. The molecule has 2 aliphatic rings. The Hall–Kier alpha value is -2.82. The molecule has 2 saturated heterocycles. The zero-order valence-electron chi connectivity index (χ0n) is 17.4. The number of benzene rings is 2. The van der Waals surface area contributed by atoms with Crippen LogP contribution >= 0.6 is 0 Å². The van der Waals surface area contributed by atoms with Gasteiger partial charge in [-0.1, -0.05) is 0 Å². The van der Waals surface area contributed by atoms with Crippen molar-refractivity contribution in [3.8, 4) is 0 Å². The largest absolute Gasteiger partial charge is 0.372 e. The van der Waals surface area contributed by atoms with E-state index >= 15 is 0 Å². The molecule has 2 aromatic carbocycles. The Morgan fingerprint density at radius 1 is 0.897 bits per heavy atom. The van der Waals surface area contributed by atoms with Gasteiger partial charge in [0, 0.05) is 43.1 Å². The van der Waals surface area contributed by atoms with Crippen LogP contribution in [0, 0.1) is 13.8 Å². The number of amides is 1. The van der Waals surface area contributed by atoms with Crippen molar-refractivity contribution in [2.75, 3.05) is 36.0 Å². The van der Waals surface area contributed by atoms with Crippen LogP contribution in [-0.4, -0.2) is 38.3 Å². The van der Waals surface area contributed by atoms with E-state index in [1.807, 2.05) is 24.3 Å². The van der Waals surface area contributed by atoms with Crippen LogP contribution in [-0.2, 0) is 0 Å². The van der Waals surface area contributed by atoms with Crippen molar-refractivity contribution in [3.63, 3.8) is 0 Å². The molecule has 2 fully saturated rings. The van der Waals surface area contributed by atoms with E-state index in [-0.39, 0.29) is 5.91 Å². The Labute approximate surface area is 173 Å². The van der Waals surface area contributed by atoms with Crippen molar-refractivity contribution >= 4 is 23.5 Å². The first-order valence-electron chi connectivity index (χ1n) is 10.7. The summed E-state index contributed by atoms with van der Waals surface area (Å²) in [4.78, 5) is 17.2. The molecule has 4 rings (SSSR count). The highest BCUT2D eigenvalue weighted by molar-refractivity contribution is 5.95. The maximum absolute atomic E-state index is 12.4. The van der Waals surface area contributed by atoms with Crippen LogP contribution in [0.5, 0.6) is 0 Å². The predicted molar refractivity (Wildman–Crippen MR) is 120 cm³/mol. The Bertz CT molecular complexity index is 892. The molecule has 0 saturated carbocycles. The summed E-state index contributed by atoms with van der Waals surface area (Å²) in [5.41, 5.74) is 9.25. The van der Waals surface area contributed by atoms with Crippen molar-refractivity contribution in [2.45, 2.75) is 39.5 Å². The molecule has 0 atom stereocenters. The number of nitrogens with one attached hydrogen (secondary N) is 1. The molecule has 2 aliphatic heterocycles. The Kier molecular flexibility index (Phi) is 5.84. The Morgan fingerprint density at radius 3 is 2.17 bits per heavy atom. The summed E-state index contributed by atoms with van der Waals surface area (Å²) in [6.07, 6.45) is 6.77. The second-order valence-corrected chi connectivity index (χ2v) is 8.13. The first-order valence-corrected chi connectivity index (χ1v) is 10.7. The monoisotopic (exact) mass is 390 g/mol. The summed E-state index contributed by atoms with van der Waals surface area (Å²) in [6.45, 7) is 8.72. The van der Waals surface area contributed by atoms with Crippen molar-refractivity contribution < 1.29 is 4.79 Å². The molecule has 2 heterocycles. The van der Waals surface area contributed by atoms with E-state index in [1.54, 1.807) is 6.21 Å². The van der Waals surface area contributed by atoms with Crippen LogP contribution in [0.3, 0.4) is 0 Å². The number of hydrogen-bond donors (Lipinski definition) is 1. The van der Waals surface area contributed by atoms with Gasteiger partial charge < -0.3 is 9.80 Å². The minimum Gasteiger partial charge on any atom is -0.372 e. The van der Waals surface area contributed by atoms with E-state index in [0.717, 1.165) is 31.7 Å². The molecule has 29 heavy (non-hydrogen) atoms. The lowest BCUT2D eigenvalue weighted by Gasteiger charge is -2.21. The van der Waals surface area contributed by atoms with Gasteiger partial charge in [0.05, 0.1) is 6.21 Å². The van der Waals surface area contributed by atoms with Gasteiger partial charge in [0.15, 0.2) is 0 Å². The molecule has 152 valence electrons. The van der Waals surface area contributed by atoms with Gasteiger partial charge in [0.25, 0.3) is 5.91 Å². The number of rotatable bonds is 5. The standard InChI is InChI=1S/C24H30N4O/c1-18-16-23(28-13-5-6-14-28)19(2)15-21(18)17-25-26-24(29)20-7-9-22(10-8-20)27-11-3-4-12-27/h7-10,15-17H,3-6,11-14H2,1-2H3,(H,26,29)/b25-17-. The van der Waals surface area contributed by atoms with Crippen LogP contribution < -0.4 is 15.2 Å². The van der Waals surface area contributed by atoms with Crippen molar-refractivity contribution in [3.05, 3.63) is 58.7 Å². The molecule has 0 radical (unpaired) electrons. The average molecular weight is 391 g/mol. The molecule has 0 aromatic heterocycles. The second kappa shape index (κ2) is 8.68. The van der Waals surface area contributed by atoms with E-state index in [4.69, 9.17) is 0 Å². The molecule has 0 aliphatic carbocycles. The molecule has 5 heteroatoms. The summed E-state index contributed by atoms with van der Waals surface area (Å²) in [6, 6.07) is 12.2. The van der Waals surface area contributed by atoms with E-state index in [9.17, 15) is 4.79 Å². The molecular formula is C24H30N4O. The van der Waals surface area contributed by atoms with Gasteiger partial charge in [-0.25, -0.2) is 5.43 Å². The van der Waals surface area contributed by atoms with Crippen molar-refractivity contribution in [1.82, 2.24) is 5.43 Å². The van der Waals surface area contributed by atoms with Gasteiger partial charge in [-0.05, 0) is 92.6 Å². The molecule has 2 aromatic rings. The number of hydrogen-bond acceptors (Lipinski definition) is 4. The van der Waals surface area contributed by atoms with Gasteiger partial charge in [0.2, 0.25) is 0 Å². The summed E-state index contributed by atoms with van der Waals surface area (Å²) in [5, 5.41) is 4.20. The summed E-state index contributed by atoms with van der Waals surface area (Å²) < 4.78 is 0. The fourth-order valence-electron chi connectivity index (χ4n) is 4.29. The molecule has 5 nitrogen and oxygen atoms in total. The molecule has 1 amide bonds. The first kappa shape index (κ1) is 19.5.